The summed E-state index contributed by atoms with van der Waals surface area (Å²) >= 11 is 0. The van der Waals surface area contributed by atoms with Crippen molar-refractivity contribution in [3.63, 3.8) is 0 Å². The summed E-state index contributed by atoms with van der Waals surface area (Å²) in [5, 5.41) is 31.4. The van der Waals surface area contributed by atoms with Crippen LogP contribution in [0.15, 0.2) is 41.6 Å². The van der Waals surface area contributed by atoms with E-state index in [9.17, 15) is 10.3 Å². The van der Waals surface area contributed by atoms with Gasteiger partial charge in [-0.3, -0.25) is 0 Å². The lowest BCUT2D eigenvalue weighted by atomic mass is 10.00. The Bertz CT molecular complexity index is 696. The monoisotopic (exact) mass is 319 g/mol. The van der Waals surface area contributed by atoms with Gasteiger partial charge in [0.15, 0.2) is 5.75 Å². The molecule has 7 heteroatoms. The Morgan fingerprint density at radius 1 is 1.04 bits per heavy atom. The molecule has 0 saturated heterocycles. The first kappa shape index (κ1) is 16.4. The molecule has 0 heterocycles. The Kier molecular flexibility index (Phi) is 5.27. The SMILES string of the molecule is COc1cc(O)c(/C(Cc2ccc(OO)cc2)=N/O)c(OC)c1. The van der Waals surface area contributed by atoms with Gasteiger partial charge in [-0.15, -0.1) is 0 Å². The van der Waals surface area contributed by atoms with Crippen LogP contribution < -0.4 is 14.4 Å². The highest BCUT2D eigenvalue weighted by Crippen LogP contribution is 2.34. The molecule has 0 bridgehead atoms. The predicted molar refractivity (Wildman–Crippen MR) is 82.9 cm³/mol. The van der Waals surface area contributed by atoms with Gasteiger partial charge in [-0.1, -0.05) is 17.3 Å². The summed E-state index contributed by atoms with van der Waals surface area (Å²) < 4.78 is 10.3. The van der Waals surface area contributed by atoms with E-state index >= 15 is 0 Å². The summed E-state index contributed by atoms with van der Waals surface area (Å²) in [6.45, 7) is 0. The van der Waals surface area contributed by atoms with E-state index in [1.54, 1.807) is 30.3 Å². The number of phenolic OH excluding ortho intramolecular Hbond substituents is 1. The quantitative estimate of drug-likeness (QED) is 0.327. The van der Waals surface area contributed by atoms with E-state index in [1.807, 2.05) is 0 Å². The van der Waals surface area contributed by atoms with Gasteiger partial charge in [0.25, 0.3) is 0 Å². The first-order valence-electron chi connectivity index (χ1n) is 6.69. The van der Waals surface area contributed by atoms with Gasteiger partial charge in [0.1, 0.15) is 17.2 Å². The Morgan fingerprint density at radius 3 is 2.26 bits per heavy atom. The summed E-state index contributed by atoms with van der Waals surface area (Å²) in [6, 6.07) is 9.52. The van der Waals surface area contributed by atoms with Crippen molar-refractivity contribution in [1.82, 2.24) is 0 Å². The van der Waals surface area contributed by atoms with Gasteiger partial charge < -0.3 is 24.7 Å². The van der Waals surface area contributed by atoms with Crippen LogP contribution in [0.4, 0.5) is 0 Å². The Hall–Kier alpha value is -2.93. The minimum atomic E-state index is -0.121. The van der Waals surface area contributed by atoms with Crippen molar-refractivity contribution in [2.75, 3.05) is 14.2 Å². The number of oxime groups is 1. The van der Waals surface area contributed by atoms with Gasteiger partial charge in [0.05, 0.1) is 25.5 Å². The predicted octanol–water partition coefficient (Wildman–Crippen LogP) is 2.68. The van der Waals surface area contributed by atoms with Crippen LogP contribution >= 0.6 is 0 Å². The molecule has 23 heavy (non-hydrogen) atoms. The number of benzene rings is 2. The van der Waals surface area contributed by atoms with Crippen LogP contribution in [0.3, 0.4) is 0 Å². The minimum absolute atomic E-state index is 0.121. The molecule has 0 saturated carbocycles. The zero-order valence-electron chi connectivity index (χ0n) is 12.7. The normalized spacial score (nSPS) is 11.2. The topological polar surface area (TPSA) is 101 Å². The van der Waals surface area contributed by atoms with Crippen molar-refractivity contribution < 1.29 is 29.9 Å². The molecule has 7 nitrogen and oxygen atoms in total. The van der Waals surface area contributed by atoms with Crippen molar-refractivity contribution >= 4 is 5.71 Å². The molecule has 2 aromatic carbocycles. The van der Waals surface area contributed by atoms with Gasteiger partial charge in [-0.25, -0.2) is 5.26 Å². The molecular formula is C16H17NO6. The average molecular weight is 319 g/mol. The highest BCUT2D eigenvalue weighted by molar-refractivity contribution is 6.06. The minimum Gasteiger partial charge on any atom is -0.507 e. The van der Waals surface area contributed by atoms with Crippen molar-refractivity contribution in [3.8, 4) is 23.0 Å². The average Bonchev–Trinajstić information content (AvgIpc) is 2.59. The van der Waals surface area contributed by atoms with Crippen LogP contribution in [-0.4, -0.2) is 35.5 Å². The number of hydrogen-bond acceptors (Lipinski definition) is 7. The highest BCUT2D eigenvalue weighted by atomic mass is 17.1. The fourth-order valence-electron chi connectivity index (χ4n) is 2.18. The summed E-state index contributed by atoms with van der Waals surface area (Å²) in [4.78, 5) is 4.11. The van der Waals surface area contributed by atoms with Gasteiger partial charge in [-0.05, 0) is 17.7 Å². The third kappa shape index (κ3) is 3.64. The number of rotatable bonds is 6. The molecule has 0 aromatic heterocycles. The Morgan fingerprint density at radius 2 is 1.74 bits per heavy atom. The van der Waals surface area contributed by atoms with Crippen LogP contribution in [0.5, 0.6) is 23.0 Å². The maximum atomic E-state index is 10.2. The van der Waals surface area contributed by atoms with Crippen LogP contribution in [0.1, 0.15) is 11.1 Å². The fraction of sp³-hybridized carbons (Fsp3) is 0.188. The van der Waals surface area contributed by atoms with E-state index in [0.717, 1.165) is 5.56 Å². The van der Waals surface area contributed by atoms with Crippen molar-refractivity contribution in [1.29, 1.82) is 0 Å². The van der Waals surface area contributed by atoms with E-state index in [2.05, 4.69) is 10.0 Å². The molecular weight excluding hydrogens is 302 g/mol. The van der Waals surface area contributed by atoms with Crippen LogP contribution in [0.2, 0.25) is 0 Å². The maximum absolute atomic E-state index is 10.2. The molecule has 0 aliphatic rings. The third-order valence-electron chi connectivity index (χ3n) is 3.32. The first-order valence-corrected chi connectivity index (χ1v) is 6.69. The molecule has 122 valence electrons. The van der Waals surface area contributed by atoms with Gasteiger partial charge >= 0.3 is 0 Å². The Labute approximate surface area is 132 Å². The lowest BCUT2D eigenvalue weighted by molar-refractivity contribution is -0.137. The molecule has 0 radical (unpaired) electrons. The van der Waals surface area contributed by atoms with Crippen LogP contribution in [-0.2, 0) is 6.42 Å². The van der Waals surface area contributed by atoms with E-state index < -0.39 is 0 Å². The molecule has 3 N–H and O–H groups in total. The summed E-state index contributed by atoms with van der Waals surface area (Å²) in [5.41, 5.74) is 1.29. The second-order valence-corrected chi connectivity index (χ2v) is 4.68. The summed E-state index contributed by atoms with van der Waals surface area (Å²) in [5.74, 6) is 0.917. The van der Waals surface area contributed by atoms with Crippen molar-refractivity contribution in [2.24, 2.45) is 5.16 Å². The third-order valence-corrected chi connectivity index (χ3v) is 3.32. The van der Waals surface area contributed by atoms with Gasteiger partial charge in [0.2, 0.25) is 0 Å². The van der Waals surface area contributed by atoms with Crippen LogP contribution in [0, 0.1) is 0 Å². The summed E-state index contributed by atoms with van der Waals surface area (Å²) in [7, 11) is 2.92. The molecule has 0 atom stereocenters. The van der Waals surface area contributed by atoms with E-state index in [0.29, 0.717) is 17.2 Å². The van der Waals surface area contributed by atoms with Gasteiger partial charge in [-0.2, -0.15) is 0 Å². The van der Waals surface area contributed by atoms with Gasteiger partial charge in [0, 0.05) is 18.6 Å². The number of phenols is 1. The van der Waals surface area contributed by atoms with Crippen molar-refractivity contribution in [3.05, 3.63) is 47.5 Å². The number of methoxy groups -OCH3 is 2. The number of ether oxygens (including phenoxy) is 2. The number of aromatic hydroxyl groups is 1. The molecule has 0 spiro atoms. The molecule has 2 aromatic rings. The molecule has 0 fully saturated rings. The lowest BCUT2D eigenvalue weighted by Gasteiger charge is -2.14. The molecule has 0 amide bonds. The lowest BCUT2D eigenvalue weighted by Crippen LogP contribution is -2.08. The van der Waals surface area contributed by atoms with E-state index in [4.69, 9.17) is 14.7 Å². The zero-order valence-corrected chi connectivity index (χ0v) is 12.7. The van der Waals surface area contributed by atoms with E-state index in [1.165, 1.54) is 20.3 Å². The zero-order chi connectivity index (χ0) is 16.8. The Balaban J connectivity index is 2.37. The molecule has 2 rings (SSSR count). The summed E-state index contributed by atoms with van der Waals surface area (Å²) in [6.07, 6.45) is 0.235. The standard InChI is InChI=1S/C16H17NO6/c1-21-12-8-14(18)16(15(9-12)22-2)13(17-19)7-10-3-5-11(23-20)6-4-10/h3-6,8-9,18-20H,7H2,1-2H3/b17-13+. The molecule has 0 aliphatic carbocycles. The fourth-order valence-corrected chi connectivity index (χ4v) is 2.18. The molecule has 0 unspecified atom stereocenters. The molecule has 0 aliphatic heterocycles. The second-order valence-electron chi connectivity index (χ2n) is 4.68. The maximum Gasteiger partial charge on any atom is 0.165 e. The van der Waals surface area contributed by atoms with E-state index in [-0.39, 0.29) is 23.4 Å². The van der Waals surface area contributed by atoms with Crippen LogP contribution in [0.25, 0.3) is 0 Å². The van der Waals surface area contributed by atoms with Crippen molar-refractivity contribution in [2.45, 2.75) is 6.42 Å². The second kappa shape index (κ2) is 7.37. The first-order chi connectivity index (χ1) is 11.1. The smallest absolute Gasteiger partial charge is 0.165 e. The largest absolute Gasteiger partial charge is 0.507 e. The number of nitrogens with zero attached hydrogens (tertiary/aromatic N) is 1. The highest BCUT2D eigenvalue weighted by Gasteiger charge is 2.18. The number of hydrogen-bond donors (Lipinski definition) is 3.